The number of amides is 3. The number of ketones is 1. The van der Waals surface area contributed by atoms with Crippen LogP contribution in [0.25, 0.3) is 22.0 Å². The molecular formula is C32H30Cl2N6O5. The lowest BCUT2D eigenvalue weighted by Gasteiger charge is -2.25. The molecule has 0 aliphatic carbocycles. The highest BCUT2D eigenvalue weighted by molar-refractivity contribution is 6.36. The monoisotopic (exact) mass is 648 g/mol. The van der Waals surface area contributed by atoms with Gasteiger partial charge in [0, 0.05) is 52.3 Å². The van der Waals surface area contributed by atoms with E-state index in [0.717, 1.165) is 11.0 Å². The lowest BCUT2D eigenvalue weighted by atomic mass is 9.92. The molecule has 232 valence electrons. The summed E-state index contributed by atoms with van der Waals surface area (Å²) in [5.41, 5.74) is 13.9. The number of halogens is 2. The Morgan fingerprint density at radius 2 is 1.67 bits per heavy atom. The first-order valence-corrected chi connectivity index (χ1v) is 14.4. The molecule has 0 bridgehead atoms. The van der Waals surface area contributed by atoms with Crippen LogP contribution in [0.5, 0.6) is 5.75 Å². The normalized spacial score (nSPS) is 10.8. The van der Waals surface area contributed by atoms with Gasteiger partial charge in [-0.2, -0.15) is 0 Å². The SMILES string of the molecule is C=CC(=O)c1c(-c2ccc(N(C(C)=O)C(=O)CN)nc2)ccc2nc(C)c(OCc3c(Cl)cccc3Cl)c(N(C)C(=O)CN)c12. The zero-order valence-electron chi connectivity index (χ0n) is 24.8. The number of likely N-dealkylation sites (N-methyl/N-ethyl adjacent to an activating group) is 1. The minimum absolute atomic E-state index is 0.0613. The topological polar surface area (TPSA) is 162 Å². The summed E-state index contributed by atoms with van der Waals surface area (Å²) in [6.07, 6.45) is 2.57. The Balaban J connectivity index is 2.00. The van der Waals surface area contributed by atoms with Gasteiger partial charge in [0.25, 0.3) is 0 Å². The molecule has 0 saturated carbocycles. The molecule has 2 aromatic heterocycles. The maximum Gasteiger partial charge on any atom is 0.248 e. The van der Waals surface area contributed by atoms with Crippen molar-refractivity contribution in [1.82, 2.24) is 9.97 Å². The molecule has 0 saturated heterocycles. The summed E-state index contributed by atoms with van der Waals surface area (Å²) < 4.78 is 6.26. The van der Waals surface area contributed by atoms with E-state index in [2.05, 4.69) is 11.6 Å². The van der Waals surface area contributed by atoms with Gasteiger partial charge in [-0.05, 0) is 48.9 Å². The summed E-state index contributed by atoms with van der Waals surface area (Å²) >= 11 is 12.8. The molecule has 0 unspecified atom stereocenters. The van der Waals surface area contributed by atoms with Crippen LogP contribution in [-0.4, -0.2) is 53.6 Å². The van der Waals surface area contributed by atoms with Gasteiger partial charge in [0.1, 0.15) is 12.4 Å². The highest BCUT2D eigenvalue weighted by Gasteiger charge is 2.28. The van der Waals surface area contributed by atoms with E-state index in [9.17, 15) is 19.2 Å². The molecule has 2 aromatic carbocycles. The van der Waals surface area contributed by atoms with E-state index in [0.29, 0.717) is 43.3 Å². The Bertz CT molecular complexity index is 1820. The predicted molar refractivity (Wildman–Crippen MR) is 175 cm³/mol. The number of benzene rings is 2. The molecule has 2 heterocycles. The molecule has 4 rings (SSSR count). The third-order valence-electron chi connectivity index (χ3n) is 7.02. The van der Waals surface area contributed by atoms with Crippen molar-refractivity contribution in [3.8, 4) is 16.9 Å². The number of anilines is 2. The Hall–Kier alpha value is -4.68. The van der Waals surface area contributed by atoms with Crippen LogP contribution in [0.1, 0.15) is 28.5 Å². The second-order valence-electron chi connectivity index (χ2n) is 9.83. The van der Waals surface area contributed by atoms with Gasteiger partial charge in [0.15, 0.2) is 11.5 Å². The number of rotatable bonds is 10. The van der Waals surface area contributed by atoms with Crippen LogP contribution in [0.3, 0.4) is 0 Å². The maximum atomic E-state index is 13.6. The zero-order valence-corrected chi connectivity index (χ0v) is 26.3. The fourth-order valence-electron chi connectivity index (χ4n) is 4.84. The summed E-state index contributed by atoms with van der Waals surface area (Å²) in [5.74, 6) is -1.82. The molecule has 4 aromatic rings. The van der Waals surface area contributed by atoms with E-state index in [1.807, 2.05) is 0 Å². The van der Waals surface area contributed by atoms with Crippen molar-refractivity contribution in [1.29, 1.82) is 0 Å². The molecular weight excluding hydrogens is 619 g/mol. The van der Waals surface area contributed by atoms with E-state index < -0.39 is 23.5 Å². The number of hydrogen-bond donors (Lipinski definition) is 2. The average molecular weight is 650 g/mol. The van der Waals surface area contributed by atoms with Crippen LogP contribution in [0.2, 0.25) is 10.0 Å². The van der Waals surface area contributed by atoms with E-state index in [-0.39, 0.29) is 42.5 Å². The highest BCUT2D eigenvalue weighted by Crippen LogP contribution is 2.43. The number of allylic oxidation sites excluding steroid dienone is 1. The Morgan fingerprint density at radius 3 is 2.22 bits per heavy atom. The quantitative estimate of drug-likeness (QED) is 0.184. The number of hydrogen-bond acceptors (Lipinski definition) is 9. The van der Waals surface area contributed by atoms with Crippen molar-refractivity contribution >= 4 is 69.1 Å². The first-order chi connectivity index (χ1) is 21.4. The standard InChI is InChI=1S/C32H30Cl2N6O5/c1-5-25(42)29-20(19-9-12-26(37-15-19)40(18(3)41)28(44)14-36)10-11-24-30(29)31(39(4)27(43)13-35)32(17(2)38-24)45-16-21-22(33)7-6-8-23(21)34/h5-12,15H,1,13-14,16,35-36H2,2-4H3. The van der Waals surface area contributed by atoms with E-state index in [4.69, 9.17) is 44.4 Å². The number of nitrogens with two attached hydrogens (primary N) is 2. The second-order valence-corrected chi connectivity index (χ2v) is 10.6. The third kappa shape index (κ3) is 6.57. The van der Waals surface area contributed by atoms with Gasteiger partial charge in [-0.3, -0.25) is 19.2 Å². The summed E-state index contributed by atoms with van der Waals surface area (Å²) in [6, 6.07) is 11.5. The maximum absolute atomic E-state index is 13.6. The molecule has 0 spiro atoms. The lowest BCUT2D eigenvalue weighted by molar-refractivity contribution is -0.124. The highest BCUT2D eigenvalue weighted by atomic mass is 35.5. The molecule has 0 atom stereocenters. The molecule has 0 radical (unpaired) electrons. The van der Waals surface area contributed by atoms with Crippen molar-refractivity contribution in [2.24, 2.45) is 11.5 Å². The van der Waals surface area contributed by atoms with E-state index in [1.54, 1.807) is 43.3 Å². The van der Waals surface area contributed by atoms with Gasteiger partial charge < -0.3 is 21.1 Å². The lowest BCUT2D eigenvalue weighted by Crippen LogP contribution is -2.40. The molecule has 45 heavy (non-hydrogen) atoms. The first-order valence-electron chi connectivity index (χ1n) is 13.6. The Morgan fingerprint density at radius 1 is 1.00 bits per heavy atom. The predicted octanol–water partition coefficient (Wildman–Crippen LogP) is 4.62. The smallest absolute Gasteiger partial charge is 0.248 e. The van der Waals surface area contributed by atoms with Crippen LogP contribution in [0.15, 0.2) is 61.3 Å². The summed E-state index contributed by atoms with van der Waals surface area (Å²) in [7, 11) is 1.52. The second kappa shape index (κ2) is 14.0. The van der Waals surface area contributed by atoms with Crippen LogP contribution in [0, 0.1) is 6.92 Å². The number of ether oxygens (including phenoxy) is 1. The van der Waals surface area contributed by atoms with Crippen LogP contribution in [0.4, 0.5) is 11.5 Å². The molecule has 0 fully saturated rings. The minimum atomic E-state index is -0.625. The molecule has 3 amide bonds. The number of carbonyl (C=O) groups is 4. The minimum Gasteiger partial charge on any atom is -0.485 e. The Kier molecular flexibility index (Phi) is 10.3. The van der Waals surface area contributed by atoms with Crippen molar-refractivity contribution in [2.75, 3.05) is 29.9 Å². The largest absolute Gasteiger partial charge is 0.485 e. The van der Waals surface area contributed by atoms with Gasteiger partial charge in [0.2, 0.25) is 17.7 Å². The first kappa shape index (κ1) is 33.2. The van der Waals surface area contributed by atoms with Crippen molar-refractivity contribution < 1.29 is 23.9 Å². The summed E-state index contributed by atoms with van der Waals surface area (Å²) in [6.45, 7) is 5.85. The van der Waals surface area contributed by atoms with Crippen LogP contribution >= 0.6 is 23.2 Å². The fourth-order valence-corrected chi connectivity index (χ4v) is 5.35. The zero-order chi connectivity index (χ0) is 33.0. The summed E-state index contributed by atoms with van der Waals surface area (Å²) in [4.78, 5) is 62.2. The van der Waals surface area contributed by atoms with Gasteiger partial charge in [-0.15, -0.1) is 0 Å². The van der Waals surface area contributed by atoms with Crippen molar-refractivity contribution in [3.63, 3.8) is 0 Å². The number of nitrogens with zero attached hydrogens (tertiary/aromatic N) is 4. The van der Waals surface area contributed by atoms with Gasteiger partial charge in [0.05, 0.1) is 30.0 Å². The fraction of sp³-hybridized carbons (Fsp3) is 0.188. The number of aromatic nitrogens is 2. The molecule has 13 heteroatoms. The number of fused-ring (bicyclic) bond motifs is 1. The number of aryl methyl sites for hydroxylation is 1. The van der Waals surface area contributed by atoms with Gasteiger partial charge in [-0.1, -0.05) is 41.9 Å². The number of pyridine rings is 2. The third-order valence-corrected chi connectivity index (χ3v) is 7.73. The molecule has 0 aliphatic heterocycles. The van der Waals surface area contributed by atoms with E-state index >= 15 is 0 Å². The molecule has 0 aliphatic rings. The molecule has 4 N–H and O–H groups in total. The average Bonchev–Trinajstić information content (AvgIpc) is 3.03. The van der Waals surface area contributed by atoms with Crippen molar-refractivity contribution in [2.45, 2.75) is 20.5 Å². The summed E-state index contributed by atoms with van der Waals surface area (Å²) in [5, 5.41) is 1.08. The van der Waals surface area contributed by atoms with Crippen molar-refractivity contribution in [3.05, 3.63) is 88.2 Å². The number of imide groups is 1. The van der Waals surface area contributed by atoms with Gasteiger partial charge in [-0.25, -0.2) is 14.9 Å². The Labute approximate surface area is 269 Å². The molecule has 11 nitrogen and oxygen atoms in total. The van der Waals surface area contributed by atoms with E-state index in [1.165, 1.54) is 31.1 Å². The van der Waals surface area contributed by atoms with Gasteiger partial charge >= 0.3 is 0 Å². The number of carbonyl (C=O) groups excluding carboxylic acids is 4. The van der Waals surface area contributed by atoms with Crippen LogP contribution in [-0.2, 0) is 21.0 Å². The van der Waals surface area contributed by atoms with Crippen LogP contribution < -0.4 is 26.0 Å².